The van der Waals surface area contributed by atoms with Crippen molar-refractivity contribution in [2.24, 2.45) is 0 Å². The third-order valence-corrected chi connectivity index (χ3v) is 2.02. The maximum atomic E-state index is 5.17. The van der Waals surface area contributed by atoms with Crippen LogP contribution in [0.15, 0.2) is 6.20 Å². The van der Waals surface area contributed by atoms with Crippen molar-refractivity contribution < 1.29 is 0 Å². The van der Waals surface area contributed by atoms with E-state index in [1.54, 1.807) is 4.68 Å². The van der Waals surface area contributed by atoms with Crippen molar-refractivity contribution in [3.8, 4) is 0 Å². The Labute approximate surface area is 89.7 Å². The van der Waals surface area contributed by atoms with Gasteiger partial charge >= 0.3 is 0 Å². The monoisotopic (exact) mass is 212 g/mol. The van der Waals surface area contributed by atoms with Gasteiger partial charge in [0.05, 0.1) is 6.20 Å². The van der Waals surface area contributed by atoms with Gasteiger partial charge in [0.15, 0.2) is 0 Å². The van der Waals surface area contributed by atoms with E-state index in [2.05, 4.69) is 29.5 Å². The van der Waals surface area contributed by atoms with E-state index in [-0.39, 0.29) is 0 Å². The maximum absolute atomic E-state index is 5.17. The summed E-state index contributed by atoms with van der Waals surface area (Å²) in [6.45, 7) is 8.19. The molecule has 0 aliphatic carbocycles. The predicted octanol–water partition coefficient (Wildman–Crippen LogP) is 1.53. The molecule has 0 unspecified atom stereocenters. The maximum Gasteiger partial charge on any atom is 0.140 e. The summed E-state index contributed by atoms with van der Waals surface area (Å²) in [5.74, 6) is 0. The Morgan fingerprint density at radius 1 is 1.43 bits per heavy atom. The molecule has 1 aromatic heterocycles. The fourth-order valence-electron chi connectivity index (χ4n) is 0.969. The van der Waals surface area contributed by atoms with Gasteiger partial charge in [0, 0.05) is 12.1 Å². The van der Waals surface area contributed by atoms with Gasteiger partial charge in [-0.15, -0.1) is 5.10 Å². The minimum absolute atomic E-state index is 0.318. The van der Waals surface area contributed by atoms with Gasteiger partial charge in [0.2, 0.25) is 0 Å². The van der Waals surface area contributed by atoms with E-state index in [1.807, 2.05) is 20.0 Å². The fraction of sp³-hybridized carbons (Fsp3) is 0.667. The van der Waals surface area contributed by atoms with Gasteiger partial charge in [-0.05, 0) is 27.7 Å². The third-order valence-electron chi connectivity index (χ3n) is 1.69. The molecule has 1 heterocycles. The van der Waals surface area contributed by atoms with Crippen molar-refractivity contribution in [3.63, 3.8) is 0 Å². The van der Waals surface area contributed by atoms with Crippen LogP contribution >= 0.6 is 12.2 Å². The van der Waals surface area contributed by atoms with Crippen LogP contribution in [-0.2, 0) is 0 Å². The lowest BCUT2D eigenvalue weighted by molar-refractivity contribution is 0.514. The first kappa shape index (κ1) is 11.1. The Morgan fingerprint density at radius 2 is 2.07 bits per heavy atom. The molecule has 0 spiro atoms. The topological polar surface area (TPSA) is 42.7 Å². The minimum Gasteiger partial charge on any atom is -0.372 e. The first-order valence-corrected chi connectivity index (χ1v) is 5.14. The Bertz CT molecular complexity index is 316. The molecule has 78 valence electrons. The molecule has 0 saturated heterocycles. The van der Waals surface area contributed by atoms with Gasteiger partial charge in [0.25, 0.3) is 0 Å². The number of thiocarbonyl (C=S) groups is 1. The molecule has 1 rings (SSSR count). The zero-order valence-electron chi connectivity index (χ0n) is 8.98. The van der Waals surface area contributed by atoms with Crippen LogP contribution in [0.1, 0.15) is 39.4 Å². The molecule has 1 N–H and O–H groups in total. The van der Waals surface area contributed by atoms with Crippen molar-refractivity contribution in [2.45, 2.75) is 39.8 Å². The first-order valence-electron chi connectivity index (χ1n) is 4.73. The summed E-state index contributed by atoms with van der Waals surface area (Å²) < 4.78 is 1.80. The second-order valence-corrected chi connectivity index (χ2v) is 4.21. The lowest BCUT2D eigenvalue weighted by Gasteiger charge is -2.07. The Kier molecular flexibility index (Phi) is 3.57. The number of nitrogens with zero attached hydrogens (tertiary/aromatic N) is 3. The summed E-state index contributed by atoms with van der Waals surface area (Å²) in [7, 11) is 0. The van der Waals surface area contributed by atoms with Gasteiger partial charge < -0.3 is 5.32 Å². The molecule has 0 radical (unpaired) electrons. The molecule has 0 aromatic carbocycles. The second-order valence-electron chi connectivity index (χ2n) is 3.81. The normalized spacial score (nSPS) is 11.0. The van der Waals surface area contributed by atoms with Gasteiger partial charge in [0.1, 0.15) is 10.7 Å². The zero-order chi connectivity index (χ0) is 10.7. The van der Waals surface area contributed by atoms with Gasteiger partial charge in [-0.2, -0.15) is 0 Å². The van der Waals surface area contributed by atoms with E-state index in [0.29, 0.717) is 17.1 Å². The number of rotatable bonds is 3. The summed E-state index contributed by atoms with van der Waals surface area (Å²) in [4.78, 5) is 0.659. The van der Waals surface area contributed by atoms with Crippen LogP contribution in [0.3, 0.4) is 0 Å². The zero-order valence-corrected chi connectivity index (χ0v) is 9.80. The number of hydrogen-bond acceptors (Lipinski definition) is 3. The fourth-order valence-corrected chi connectivity index (χ4v) is 1.30. The van der Waals surface area contributed by atoms with Gasteiger partial charge in [-0.1, -0.05) is 17.4 Å². The van der Waals surface area contributed by atoms with Crippen LogP contribution in [0.25, 0.3) is 0 Å². The summed E-state index contributed by atoms with van der Waals surface area (Å²) in [6.07, 6.45) is 1.86. The van der Waals surface area contributed by atoms with Crippen LogP contribution in [0, 0.1) is 0 Å². The van der Waals surface area contributed by atoms with Crippen molar-refractivity contribution in [1.82, 2.24) is 20.3 Å². The summed E-state index contributed by atoms with van der Waals surface area (Å²) >= 11 is 5.17. The molecule has 0 saturated carbocycles. The van der Waals surface area contributed by atoms with Crippen molar-refractivity contribution in [3.05, 3.63) is 11.9 Å². The lowest BCUT2D eigenvalue weighted by Crippen LogP contribution is -2.29. The van der Waals surface area contributed by atoms with Crippen molar-refractivity contribution >= 4 is 17.2 Å². The van der Waals surface area contributed by atoms with Gasteiger partial charge in [-0.25, -0.2) is 4.68 Å². The Morgan fingerprint density at radius 3 is 2.50 bits per heavy atom. The molecular formula is C9H16N4S. The molecule has 0 aliphatic rings. The van der Waals surface area contributed by atoms with E-state index in [0.717, 1.165) is 5.69 Å². The van der Waals surface area contributed by atoms with E-state index >= 15 is 0 Å². The molecule has 0 atom stereocenters. The summed E-state index contributed by atoms with van der Waals surface area (Å²) in [6, 6.07) is 0.643. The molecule has 0 bridgehead atoms. The standard InChI is InChI=1S/C9H16N4S/c1-6(2)10-9(14)8-5-13(7(3)4)12-11-8/h5-7H,1-4H3,(H,10,14). The van der Waals surface area contributed by atoms with Crippen LogP contribution in [-0.4, -0.2) is 26.0 Å². The quantitative estimate of drug-likeness (QED) is 0.772. The van der Waals surface area contributed by atoms with Crippen molar-refractivity contribution in [1.29, 1.82) is 0 Å². The average molecular weight is 212 g/mol. The summed E-state index contributed by atoms with van der Waals surface area (Å²) in [5.41, 5.74) is 0.738. The molecule has 4 nitrogen and oxygen atoms in total. The largest absolute Gasteiger partial charge is 0.372 e. The minimum atomic E-state index is 0.318. The molecule has 5 heteroatoms. The smallest absolute Gasteiger partial charge is 0.140 e. The van der Waals surface area contributed by atoms with Crippen molar-refractivity contribution in [2.75, 3.05) is 0 Å². The molecular weight excluding hydrogens is 196 g/mol. The Hall–Kier alpha value is -0.970. The lowest BCUT2D eigenvalue weighted by atomic mass is 10.3. The third kappa shape index (κ3) is 2.77. The highest BCUT2D eigenvalue weighted by Crippen LogP contribution is 2.03. The highest BCUT2D eigenvalue weighted by atomic mass is 32.1. The Balaban J connectivity index is 2.71. The van der Waals surface area contributed by atoms with E-state index in [4.69, 9.17) is 12.2 Å². The van der Waals surface area contributed by atoms with Crippen LogP contribution < -0.4 is 5.32 Å². The van der Waals surface area contributed by atoms with Crippen LogP contribution in [0.2, 0.25) is 0 Å². The highest BCUT2D eigenvalue weighted by Gasteiger charge is 2.08. The number of nitrogens with one attached hydrogen (secondary N) is 1. The van der Waals surface area contributed by atoms with E-state index < -0.39 is 0 Å². The molecule has 1 aromatic rings. The molecule has 0 aliphatic heterocycles. The number of aromatic nitrogens is 3. The predicted molar refractivity (Wildman–Crippen MR) is 60.4 cm³/mol. The van der Waals surface area contributed by atoms with E-state index in [1.165, 1.54) is 0 Å². The van der Waals surface area contributed by atoms with Crippen LogP contribution in [0.5, 0.6) is 0 Å². The molecule has 0 amide bonds. The molecule has 14 heavy (non-hydrogen) atoms. The van der Waals surface area contributed by atoms with E-state index in [9.17, 15) is 0 Å². The highest BCUT2D eigenvalue weighted by molar-refractivity contribution is 7.80. The number of hydrogen-bond donors (Lipinski definition) is 1. The first-order chi connectivity index (χ1) is 6.50. The summed E-state index contributed by atoms with van der Waals surface area (Å²) in [5, 5.41) is 11.1. The molecule has 0 fully saturated rings. The average Bonchev–Trinajstić information content (AvgIpc) is 2.50. The SMILES string of the molecule is CC(C)NC(=S)c1cn(C(C)C)nn1. The second kappa shape index (κ2) is 4.50. The van der Waals surface area contributed by atoms with Gasteiger partial charge in [-0.3, -0.25) is 0 Å². The van der Waals surface area contributed by atoms with Crippen LogP contribution in [0.4, 0.5) is 0 Å².